The lowest BCUT2D eigenvalue weighted by atomic mass is 10.3. The van der Waals surface area contributed by atoms with Gasteiger partial charge in [0, 0.05) is 24.2 Å². The van der Waals surface area contributed by atoms with Crippen molar-refractivity contribution in [3.63, 3.8) is 0 Å². The van der Waals surface area contributed by atoms with Crippen molar-refractivity contribution in [2.24, 2.45) is 0 Å². The van der Waals surface area contributed by atoms with Gasteiger partial charge < -0.3 is 9.73 Å². The van der Waals surface area contributed by atoms with E-state index in [4.69, 9.17) is 4.42 Å². The first kappa shape index (κ1) is 11.3. The second kappa shape index (κ2) is 4.81. The molecule has 0 saturated carbocycles. The van der Waals surface area contributed by atoms with E-state index in [2.05, 4.69) is 10.4 Å². The Bertz CT molecular complexity index is 726. The molecule has 0 atom stereocenters. The van der Waals surface area contributed by atoms with Gasteiger partial charge in [0.1, 0.15) is 5.76 Å². The molecule has 0 saturated heterocycles. The normalized spacial score (nSPS) is 11.2. The van der Waals surface area contributed by atoms with Crippen molar-refractivity contribution in [3.8, 4) is 0 Å². The molecule has 5 heteroatoms. The van der Waals surface area contributed by atoms with E-state index in [9.17, 15) is 4.79 Å². The fourth-order valence-electron chi connectivity index (χ4n) is 1.73. The van der Waals surface area contributed by atoms with Crippen LogP contribution in [0.1, 0.15) is 5.76 Å². The van der Waals surface area contributed by atoms with Gasteiger partial charge in [0.15, 0.2) is 0 Å². The second-order valence-electron chi connectivity index (χ2n) is 3.95. The molecule has 0 aliphatic heterocycles. The van der Waals surface area contributed by atoms with Gasteiger partial charge in [-0.25, -0.2) is 4.52 Å². The molecule has 19 heavy (non-hydrogen) atoms. The number of carbonyl (C=O) groups is 1. The number of aromatic nitrogens is 2. The molecule has 0 unspecified atom stereocenters. The molecular formula is C14H11N3O2. The molecule has 0 aromatic carbocycles. The first-order valence-corrected chi connectivity index (χ1v) is 5.77. The lowest BCUT2D eigenvalue weighted by Crippen LogP contribution is -2.07. The average Bonchev–Trinajstić information content (AvgIpc) is 3.07. The number of anilines is 1. The van der Waals surface area contributed by atoms with E-state index in [0.717, 1.165) is 11.2 Å². The number of nitrogens with one attached hydrogen (secondary N) is 1. The van der Waals surface area contributed by atoms with E-state index in [0.29, 0.717) is 5.76 Å². The maximum Gasteiger partial charge on any atom is 0.248 e. The van der Waals surface area contributed by atoms with Crippen LogP contribution in [-0.2, 0) is 4.79 Å². The summed E-state index contributed by atoms with van der Waals surface area (Å²) in [6, 6.07) is 9.06. The highest BCUT2D eigenvalue weighted by Gasteiger charge is 2.00. The summed E-state index contributed by atoms with van der Waals surface area (Å²) in [4.78, 5) is 11.7. The number of amides is 1. The summed E-state index contributed by atoms with van der Waals surface area (Å²) in [5.41, 5.74) is 1.65. The van der Waals surface area contributed by atoms with Crippen LogP contribution < -0.4 is 5.32 Å². The topological polar surface area (TPSA) is 59.5 Å². The molecule has 3 aromatic heterocycles. The minimum absolute atomic E-state index is 0.208. The molecular weight excluding hydrogens is 242 g/mol. The molecule has 3 heterocycles. The van der Waals surface area contributed by atoms with Crippen molar-refractivity contribution in [3.05, 3.63) is 60.8 Å². The van der Waals surface area contributed by atoms with E-state index in [1.54, 1.807) is 47.4 Å². The van der Waals surface area contributed by atoms with Crippen LogP contribution in [0.15, 0.2) is 59.5 Å². The first-order chi connectivity index (χ1) is 9.31. The van der Waals surface area contributed by atoms with Crippen LogP contribution in [-0.4, -0.2) is 15.5 Å². The Balaban J connectivity index is 1.71. The van der Waals surface area contributed by atoms with Crippen molar-refractivity contribution in [1.82, 2.24) is 9.61 Å². The molecule has 0 fully saturated rings. The quantitative estimate of drug-likeness (QED) is 0.730. The zero-order valence-corrected chi connectivity index (χ0v) is 9.98. The van der Waals surface area contributed by atoms with Crippen molar-refractivity contribution in [1.29, 1.82) is 0 Å². The van der Waals surface area contributed by atoms with Gasteiger partial charge in [-0.05, 0) is 36.4 Å². The number of hydrogen-bond donors (Lipinski definition) is 1. The second-order valence-corrected chi connectivity index (χ2v) is 3.95. The molecule has 5 nitrogen and oxygen atoms in total. The van der Waals surface area contributed by atoms with Crippen LogP contribution in [0.25, 0.3) is 11.6 Å². The zero-order chi connectivity index (χ0) is 13.1. The van der Waals surface area contributed by atoms with Gasteiger partial charge in [0.2, 0.25) is 5.91 Å². The summed E-state index contributed by atoms with van der Waals surface area (Å²) in [7, 11) is 0. The lowest BCUT2D eigenvalue weighted by molar-refractivity contribution is -0.111. The molecule has 0 radical (unpaired) electrons. The minimum Gasteiger partial charge on any atom is -0.465 e. The molecule has 3 aromatic rings. The monoisotopic (exact) mass is 253 g/mol. The smallest absolute Gasteiger partial charge is 0.248 e. The van der Waals surface area contributed by atoms with E-state index in [1.807, 2.05) is 12.1 Å². The molecule has 1 amide bonds. The van der Waals surface area contributed by atoms with Crippen molar-refractivity contribution in [2.75, 3.05) is 5.32 Å². The summed E-state index contributed by atoms with van der Waals surface area (Å²) in [5.74, 6) is 0.432. The third-order valence-corrected chi connectivity index (χ3v) is 2.61. The predicted octanol–water partition coefficient (Wildman–Crippen LogP) is 2.58. The number of furan rings is 1. The molecule has 94 valence electrons. The first-order valence-electron chi connectivity index (χ1n) is 5.77. The van der Waals surface area contributed by atoms with Gasteiger partial charge in [-0.2, -0.15) is 5.10 Å². The Morgan fingerprint density at radius 2 is 2.32 bits per heavy atom. The van der Waals surface area contributed by atoms with E-state index in [1.165, 1.54) is 6.08 Å². The maximum atomic E-state index is 11.7. The summed E-state index contributed by atoms with van der Waals surface area (Å²) < 4.78 is 6.83. The highest BCUT2D eigenvalue weighted by molar-refractivity contribution is 6.02. The third-order valence-electron chi connectivity index (χ3n) is 2.61. The fourth-order valence-corrected chi connectivity index (χ4v) is 1.73. The van der Waals surface area contributed by atoms with Gasteiger partial charge in [0.25, 0.3) is 0 Å². The highest BCUT2D eigenvalue weighted by atomic mass is 16.3. The maximum absolute atomic E-state index is 11.7. The van der Waals surface area contributed by atoms with Crippen LogP contribution in [0.5, 0.6) is 0 Å². The Morgan fingerprint density at radius 3 is 3.16 bits per heavy atom. The van der Waals surface area contributed by atoms with Gasteiger partial charge >= 0.3 is 0 Å². The van der Waals surface area contributed by atoms with Crippen LogP contribution in [0.3, 0.4) is 0 Å². The lowest BCUT2D eigenvalue weighted by Gasteiger charge is -2.02. The number of hydrogen-bond acceptors (Lipinski definition) is 3. The summed E-state index contributed by atoms with van der Waals surface area (Å²) >= 11 is 0. The number of pyridine rings is 1. The van der Waals surface area contributed by atoms with Gasteiger partial charge in [-0.15, -0.1) is 0 Å². The van der Waals surface area contributed by atoms with E-state index < -0.39 is 0 Å². The zero-order valence-electron chi connectivity index (χ0n) is 9.98. The van der Waals surface area contributed by atoms with Gasteiger partial charge in [-0.1, -0.05) is 0 Å². The minimum atomic E-state index is -0.208. The third kappa shape index (κ3) is 2.55. The fraction of sp³-hybridized carbons (Fsp3) is 0. The molecule has 0 spiro atoms. The van der Waals surface area contributed by atoms with E-state index >= 15 is 0 Å². The van der Waals surface area contributed by atoms with Crippen LogP contribution >= 0.6 is 0 Å². The largest absolute Gasteiger partial charge is 0.465 e. The average molecular weight is 253 g/mol. The molecule has 0 bridgehead atoms. The summed E-state index contributed by atoms with van der Waals surface area (Å²) in [5, 5.41) is 6.86. The molecule has 1 N–H and O–H groups in total. The van der Waals surface area contributed by atoms with E-state index in [-0.39, 0.29) is 5.91 Å². The number of fused-ring (bicyclic) bond motifs is 1. The van der Waals surface area contributed by atoms with Crippen molar-refractivity contribution >= 4 is 23.2 Å². The Labute approximate surface area is 109 Å². The Morgan fingerprint density at radius 1 is 1.37 bits per heavy atom. The summed E-state index contributed by atoms with van der Waals surface area (Å²) in [6.07, 6.45) is 8.11. The number of rotatable bonds is 3. The Kier molecular flexibility index (Phi) is 2.86. The Hall–Kier alpha value is -2.82. The van der Waals surface area contributed by atoms with Crippen LogP contribution in [0.4, 0.5) is 5.69 Å². The molecule has 0 aliphatic carbocycles. The predicted molar refractivity (Wildman–Crippen MR) is 71.6 cm³/mol. The van der Waals surface area contributed by atoms with Crippen LogP contribution in [0, 0.1) is 0 Å². The number of nitrogens with zero attached hydrogens (tertiary/aromatic N) is 2. The van der Waals surface area contributed by atoms with Gasteiger partial charge in [-0.3, -0.25) is 4.79 Å². The molecule has 3 rings (SSSR count). The van der Waals surface area contributed by atoms with Crippen molar-refractivity contribution < 1.29 is 9.21 Å². The van der Waals surface area contributed by atoms with Crippen LogP contribution in [0.2, 0.25) is 0 Å². The summed E-state index contributed by atoms with van der Waals surface area (Å²) in [6.45, 7) is 0. The molecule has 0 aliphatic rings. The highest BCUT2D eigenvalue weighted by Crippen LogP contribution is 2.11. The van der Waals surface area contributed by atoms with Gasteiger partial charge in [0.05, 0.1) is 11.8 Å². The SMILES string of the molecule is O=C(C=Cc1ccco1)Nc1ccn2nccc2c1. The number of carbonyl (C=O) groups excluding carboxylic acids is 1. The standard InChI is InChI=1S/C14H11N3O2/c18-14(4-3-13-2-1-9-19-13)16-11-6-8-17-12(10-11)5-7-15-17/h1-10H,(H,16,18). The van der Waals surface area contributed by atoms with Crippen molar-refractivity contribution in [2.45, 2.75) is 0 Å².